The number of amides is 1. The molecule has 1 saturated carbocycles. The number of carbonyl (C=O) groups excluding carboxylic acids is 2. The van der Waals surface area contributed by atoms with Crippen molar-refractivity contribution in [3.05, 3.63) is 28.8 Å². The molecule has 0 radical (unpaired) electrons. The van der Waals surface area contributed by atoms with Crippen LogP contribution in [-0.2, 0) is 16.6 Å². The molecule has 2 aliphatic carbocycles. The molecule has 1 amide bonds. The highest BCUT2D eigenvalue weighted by atomic mass is 16.3. The van der Waals surface area contributed by atoms with Gasteiger partial charge in [-0.25, -0.2) is 0 Å². The maximum absolute atomic E-state index is 12.5. The van der Waals surface area contributed by atoms with E-state index >= 15 is 0 Å². The van der Waals surface area contributed by atoms with E-state index in [0.717, 1.165) is 24.9 Å². The van der Waals surface area contributed by atoms with E-state index < -0.39 is 16.9 Å². The van der Waals surface area contributed by atoms with Crippen molar-refractivity contribution in [2.24, 2.45) is 5.73 Å². The van der Waals surface area contributed by atoms with Gasteiger partial charge in [0, 0.05) is 35.9 Å². The summed E-state index contributed by atoms with van der Waals surface area (Å²) < 4.78 is 0. The lowest BCUT2D eigenvalue weighted by molar-refractivity contribution is -0.178. The van der Waals surface area contributed by atoms with E-state index in [0.29, 0.717) is 37.3 Å². The van der Waals surface area contributed by atoms with Crippen molar-refractivity contribution in [1.82, 2.24) is 4.90 Å². The average molecular weight is 386 g/mol. The van der Waals surface area contributed by atoms with Gasteiger partial charge in [0.2, 0.25) is 0 Å². The number of nitrogens with zero attached hydrogens (tertiary/aromatic N) is 1. The number of rotatable bonds is 4. The minimum absolute atomic E-state index is 0.0636. The molecule has 1 aliphatic heterocycles. The highest BCUT2D eigenvalue weighted by molar-refractivity contribution is 5.96. The number of fused-ring (bicyclic) bond motifs is 1. The van der Waals surface area contributed by atoms with Crippen LogP contribution in [0.15, 0.2) is 12.1 Å². The van der Waals surface area contributed by atoms with Crippen molar-refractivity contribution >= 4 is 11.7 Å². The second-order valence-corrected chi connectivity index (χ2v) is 8.93. The van der Waals surface area contributed by atoms with Gasteiger partial charge in [0.05, 0.1) is 11.2 Å². The Labute approximate surface area is 165 Å². The van der Waals surface area contributed by atoms with Gasteiger partial charge in [-0.15, -0.1) is 0 Å². The Balaban J connectivity index is 1.92. The standard InChI is InChI=1S/C22H30N2O4/c1-3-4-13(2)24-10-9-21-12-15(25)7-8-22(21,28)17(24)11-14-5-6-16(20(23)27)19(26)18(14)21/h5-6,13,17,26,28H,3-4,7-12H2,1-2H3,(H2,23,27)/t13-,17+,21?,22+/m0/s1. The third kappa shape index (κ3) is 2.47. The molecule has 1 saturated heterocycles. The first-order valence-electron chi connectivity index (χ1n) is 10.4. The molecular weight excluding hydrogens is 356 g/mol. The number of likely N-dealkylation sites (tertiary alicyclic amines) is 1. The van der Waals surface area contributed by atoms with Crippen LogP contribution in [0.1, 0.15) is 73.9 Å². The number of primary amides is 1. The minimum Gasteiger partial charge on any atom is -0.507 e. The van der Waals surface area contributed by atoms with E-state index in [1.165, 1.54) is 0 Å². The number of phenols is 1. The van der Waals surface area contributed by atoms with Crippen molar-refractivity contribution in [2.75, 3.05) is 6.54 Å². The van der Waals surface area contributed by atoms with Gasteiger partial charge in [-0.2, -0.15) is 0 Å². The van der Waals surface area contributed by atoms with Crippen LogP contribution in [0.3, 0.4) is 0 Å². The van der Waals surface area contributed by atoms with Crippen molar-refractivity contribution in [3.63, 3.8) is 0 Å². The Morgan fingerprint density at radius 1 is 1.39 bits per heavy atom. The fourth-order valence-electron chi connectivity index (χ4n) is 6.26. The molecule has 3 aliphatic rings. The number of piperidine rings is 1. The van der Waals surface area contributed by atoms with E-state index in [1.54, 1.807) is 6.07 Å². The molecule has 4 rings (SSSR count). The van der Waals surface area contributed by atoms with E-state index in [-0.39, 0.29) is 29.6 Å². The van der Waals surface area contributed by atoms with Gasteiger partial charge in [-0.05, 0) is 50.8 Å². The highest BCUT2D eigenvalue weighted by Crippen LogP contribution is 2.60. The number of benzene rings is 1. The molecule has 152 valence electrons. The number of nitrogens with two attached hydrogens (primary N) is 1. The van der Waals surface area contributed by atoms with Gasteiger partial charge in [-0.1, -0.05) is 19.4 Å². The largest absolute Gasteiger partial charge is 0.507 e. The molecule has 6 heteroatoms. The lowest BCUT2D eigenvalue weighted by Gasteiger charge is -2.64. The maximum Gasteiger partial charge on any atom is 0.252 e. The summed E-state index contributed by atoms with van der Waals surface area (Å²) in [6.07, 6.45) is 4.27. The van der Waals surface area contributed by atoms with Crippen LogP contribution in [0.2, 0.25) is 0 Å². The molecule has 1 aromatic rings. The monoisotopic (exact) mass is 386 g/mol. The molecule has 2 fully saturated rings. The summed E-state index contributed by atoms with van der Waals surface area (Å²) in [5.74, 6) is -0.736. The first kappa shape index (κ1) is 19.4. The number of carbonyl (C=O) groups is 2. The predicted octanol–water partition coefficient (Wildman–Crippen LogP) is 2.03. The van der Waals surface area contributed by atoms with Crippen molar-refractivity contribution in [2.45, 2.75) is 81.9 Å². The van der Waals surface area contributed by atoms with E-state index in [1.807, 2.05) is 6.07 Å². The van der Waals surface area contributed by atoms with Crippen LogP contribution >= 0.6 is 0 Å². The van der Waals surface area contributed by atoms with E-state index in [9.17, 15) is 19.8 Å². The molecule has 1 heterocycles. The molecule has 1 unspecified atom stereocenters. The Morgan fingerprint density at radius 2 is 2.14 bits per heavy atom. The molecule has 4 atom stereocenters. The number of aromatic hydroxyl groups is 1. The lowest BCUT2D eigenvalue weighted by atomic mass is 9.49. The molecule has 0 aromatic heterocycles. The number of hydrogen-bond donors (Lipinski definition) is 3. The zero-order valence-electron chi connectivity index (χ0n) is 16.7. The smallest absolute Gasteiger partial charge is 0.252 e. The summed E-state index contributed by atoms with van der Waals surface area (Å²) in [7, 11) is 0. The van der Waals surface area contributed by atoms with Gasteiger partial charge < -0.3 is 15.9 Å². The molecule has 2 bridgehead atoms. The summed E-state index contributed by atoms with van der Waals surface area (Å²) in [6, 6.07) is 3.66. The van der Waals surface area contributed by atoms with Crippen LogP contribution in [0, 0.1) is 0 Å². The highest BCUT2D eigenvalue weighted by Gasteiger charge is 2.65. The Hall–Kier alpha value is -1.92. The Kier molecular flexibility index (Phi) is 4.55. The SMILES string of the molecule is CCC[C@H](C)N1CCC23CC(=O)CC[C@@]2(O)[C@H]1Cc1ccc(C(N)=O)c(O)c13. The van der Waals surface area contributed by atoms with Gasteiger partial charge in [0.25, 0.3) is 5.91 Å². The summed E-state index contributed by atoms with van der Waals surface area (Å²) in [5, 5.41) is 23.0. The minimum atomic E-state index is -1.10. The number of ketones is 1. The topological polar surface area (TPSA) is 104 Å². The van der Waals surface area contributed by atoms with Gasteiger partial charge in [-0.3, -0.25) is 14.5 Å². The lowest BCUT2D eigenvalue weighted by Crippen LogP contribution is -2.74. The zero-order valence-corrected chi connectivity index (χ0v) is 16.7. The first-order chi connectivity index (χ1) is 13.2. The van der Waals surface area contributed by atoms with Crippen molar-refractivity contribution in [1.29, 1.82) is 0 Å². The molecule has 1 aromatic carbocycles. The second-order valence-electron chi connectivity index (χ2n) is 8.93. The van der Waals surface area contributed by atoms with Crippen molar-refractivity contribution < 1.29 is 19.8 Å². The normalized spacial score (nSPS) is 33.1. The summed E-state index contributed by atoms with van der Waals surface area (Å²) in [5.41, 5.74) is 5.08. The summed E-state index contributed by atoms with van der Waals surface area (Å²) in [4.78, 5) is 26.7. The fraction of sp³-hybridized carbons (Fsp3) is 0.636. The number of aliphatic hydroxyl groups is 1. The number of Topliss-reactive ketones (excluding diaryl/α,β-unsaturated/α-hetero) is 1. The van der Waals surface area contributed by atoms with Crippen LogP contribution in [0.5, 0.6) is 5.75 Å². The van der Waals surface area contributed by atoms with Crippen LogP contribution in [0.4, 0.5) is 0 Å². The average Bonchev–Trinajstić information content (AvgIpc) is 2.62. The molecule has 4 N–H and O–H groups in total. The fourth-order valence-corrected chi connectivity index (χ4v) is 6.26. The molecule has 6 nitrogen and oxygen atoms in total. The van der Waals surface area contributed by atoms with E-state index in [2.05, 4.69) is 18.7 Å². The molecule has 0 spiro atoms. The van der Waals surface area contributed by atoms with Gasteiger partial charge in [0.1, 0.15) is 11.5 Å². The zero-order chi connectivity index (χ0) is 20.3. The van der Waals surface area contributed by atoms with E-state index in [4.69, 9.17) is 5.73 Å². The van der Waals surface area contributed by atoms with Crippen LogP contribution in [0.25, 0.3) is 0 Å². The summed E-state index contributed by atoms with van der Waals surface area (Å²) >= 11 is 0. The van der Waals surface area contributed by atoms with Gasteiger partial charge in [0.15, 0.2) is 0 Å². The van der Waals surface area contributed by atoms with Gasteiger partial charge >= 0.3 is 0 Å². The van der Waals surface area contributed by atoms with Crippen LogP contribution < -0.4 is 5.73 Å². The summed E-state index contributed by atoms with van der Waals surface area (Å²) in [6.45, 7) is 5.14. The maximum atomic E-state index is 12.5. The number of hydrogen-bond acceptors (Lipinski definition) is 5. The van der Waals surface area contributed by atoms with Crippen LogP contribution in [-0.4, -0.2) is 51.0 Å². The third-order valence-corrected chi connectivity index (χ3v) is 7.56. The molecular formula is C22H30N2O4. The first-order valence-corrected chi connectivity index (χ1v) is 10.4. The predicted molar refractivity (Wildman–Crippen MR) is 105 cm³/mol. The second kappa shape index (κ2) is 6.56. The Bertz CT molecular complexity index is 838. The van der Waals surface area contributed by atoms with Crippen molar-refractivity contribution in [3.8, 4) is 5.75 Å². The quantitative estimate of drug-likeness (QED) is 0.735. The molecule has 28 heavy (non-hydrogen) atoms. The third-order valence-electron chi connectivity index (χ3n) is 7.56. The Morgan fingerprint density at radius 3 is 2.82 bits per heavy atom.